The standard InChI is InChI=1S/C20H22BrN3O4S/c1-12(2)28-17-9-8-14(21)10-15(17)19(26)22-20(29)24-23-18(25)11-27-16-7-5-4-6-13(16)3/h4-10,12H,11H2,1-3H3,(H,23,25)(H2,22,24,26,29). The van der Waals surface area contributed by atoms with Crippen LogP contribution < -0.4 is 25.6 Å². The first kappa shape index (κ1) is 22.6. The predicted molar refractivity (Wildman–Crippen MR) is 118 cm³/mol. The van der Waals surface area contributed by atoms with Gasteiger partial charge < -0.3 is 9.47 Å². The van der Waals surface area contributed by atoms with E-state index in [1.54, 1.807) is 24.3 Å². The zero-order valence-electron chi connectivity index (χ0n) is 16.2. The summed E-state index contributed by atoms with van der Waals surface area (Å²) in [5.41, 5.74) is 6.09. The van der Waals surface area contributed by atoms with Gasteiger partial charge in [0.25, 0.3) is 11.8 Å². The third-order valence-electron chi connectivity index (χ3n) is 3.54. The van der Waals surface area contributed by atoms with E-state index in [9.17, 15) is 9.59 Å². The zero-order valence-corrected chi connectivity index (χ0v) is 18.6. The lowest BCUT2D eigenvalue weighted by atomic mass is 10.2. The van der Waals surface area contributed by atoms with E-state index in [4.69, 9.17) is 21.7 Å². The van der Waals surface area contributed by atoms with Crippen LogP contribution in [0.3, 0.4) is 0 Å². The number of hydrogen-bond donors (Lipinski definition) is 3. The molecule has 2 rings (SSSR count). The molecule has 9 heteroatoms. The number of amides is 2. The predicted octanol–water partition coefficient (Wildman–Crippen LogP) is 3.26. The molecule has 0 spiro atoms. The summed E-state index contributed by atoms with van der Waals surface area (Å²) < 4.78 is 11.8. The molecule has 2 aromatic carbocycles. The second-order valence-electron chi connectivity index (χ2n) is 6.32. The van der Waals surface area contributed by atoms with Crippen LogP contribution in [0.15, 0.2) is 46.9 Å². The Bertz CT molecular complexity index is 905. The highest BCUT2D eigenvalue weighted by atomic mass is 79.9. The molecular formula is C20H22BrN3O4S. The number of thiocarbonyl (C=S) groups is 1. The van der Waals surface area contributed by atoms with Crippen LogP contribution >= 0.6 is 28.1 Å². The maximum Gasteiger partial charge on any atom is 0.276 e. The van der Waals surface area contributed by atoms with Gasteiger partial charge in [-0.1, -0.05) is 34.1 Å². The molecule has 2 amide bonds. The molecule has 0 bridgehead atoms. The number of ether oxygens (including phenoxy) is 2. The summed E-state index contributed by atoms with van der Waals surface area (Å²) in [6.07, 6.45) is -0.0969. The number of aryl methyl sites for hydroxylation is 1. The molecule has 0 atom stereocenters. The Morgan fingerprint density at radius 1 is 1.10 bits per heavy atom. The van der Waals surface area contributed by atoms with E-state index in [1.165, 1.54) is 0 Å². The Morgan fingerprint density at radius 2 is 1.83 bits per heavy atom. The average molecular weight is 480 g/mol. The molecule has 0 radical (unpaired) electrons. The fraction of sp³-hybridized carbons (Fsp3) is 0.250. The zero-order chi connectivity index (χ0) is 21.4. The van der Waals surface area contributed by atoms with Gasteiger partial charge in [0.05, 0.1) is 11.7 Å². The molecular weight excluding hydrogens is 458 g/mol. The Morgan fingerprint density at radius 3 is 2.52 bits per heavy atom. The normalized spacial score (nSPS) is 10.2. The number of para-hydroxylation sites is 1. The van der Waals surface area contributed by atoms with Crippen LogP contribution in [0.25, 0.3) is 0 Å². The van der Waals surface area contributed by atoms with Crippen LogP contribution in [0.2, 0.25) is 0 Å². The molecule has 0 aliphatic carbocycles. The summed E-state index contributed by atoms with van der Waals surface area (Å²) in [5.74, 6) is 0.131. The van der Waals surface area contributed by atoms with Gasteiger partial charge in [-0.3, -0.25) is 25.8 Å². The minimum absolute atomic E-state index is 0.0604. The van der Waals surface area contributed by atoms with Crippen LogP contribution in [0, 0.1) is 6.92 Å². The largest absolute Gasteiger partial charge is 0.490 e. The van der Waals surface area contributed by atoms with Crippen molar-refractivity contribution in [2.24, 2.45) is 0 Å². The minimum Gasteiger partial charge on any atom is -0.490 e. The van der Waals surface area contributed by atoms with Crippen molar-refractivity contribution in [2.45, 2.75) is 26.9 Å². The third kappa shape index (κ3) is 7.35. The number of rotatable bonds is 6. The molecule has 3 N–H and O–H groups in total. The van der Waals surface area contributed by atoms with Gasteiger partial charge in [-0.05, 0) is 62.8 Å². The lowest BCUT2D eigenvalue weighted by Crippen LogP contribution is -2.49. The second kappa shape index (κ2) is 10.8. The molecule has 0 heterocycles. The van der Waals surface area contributed by atoms with Crippen molar-refractivity contribution in [1.29, 1.82) is 0 Å². The highest BCUT2D eigenvalue weighted by molar-refractivity contribution is 9.10. The number of benzene rings is 2. The number of hydrazine groups is 1. The number of hydrogen-bond acceptors (Lipinski definition) is 5. The van der Waals surface area contributed by atoms with E-state index in [-0.39, 0.29) is 17.8 Å². The van der Waals surface area contributed by atoms with Gasteiger partial charge >= 0.3 is 0 Å². The number of carbonyl (C=O) groups excluding carboxylic acids is 2. The summed E-state index contributed by atoms with van der Waals surface area (Å²) in [4.78, 5) is 24.4. The highest BCUT2D eigenvalue weighted by Gasteiger charge is 2.16. The van der Waals surface area contributed by atoms with Gasteiger partial charge in [0, 0.05) is 4.47 Å². The fourth-order valence-corrected chi connectivity index (χ4v) is 2.77. The van der Waals surface area contributed by atoms with Gasteiger partial charge in [-0.15, -0.1) is 0 Å². The Balaban J connectivity index is 1.86. The van der Waals surface area contributed by atoms with Crippen molar-refractivity contribution in [1.82, 2.24) is 16.2 Å². The molecule has 0 aliphatic rings. The molecule has 2 aromatic rings. The van der Waals surface area contributed by atoms with Crippen LogP contribution in [0.1, 0.15) is 29.8 Å². The van der Waals surface area contributed by atoms with Gasteiger partial charge in [-0.25, -0.2) is 0 Å². The number of halogens is 1. The lowest BCUT2D eigenvalue weighted by molar-refractivity contribution is -0.123. The summed E-state index contributed by atoms with van der Waals surface area (Å²) in [6.45, 7) is 5.41. The van der Waals surface area contributed by atoms with Crippen molar-refractivity contribution in [3.63, 3.8) is 0 Å². The quantitative estimate of drug-likeness (QED) is 0.435. The Hall–Kier alpha value is -2.65. The molecule has 0 fully saturated rings. The molecule has 0 aliphatic heterocycles. The first-order valence-electron chi connectivity index (χ1n) is 8.81. The maximum absolute atomic E-state index is 12.5. The third-order valence-corrected chi connectivity index (χ3v) is 4.24. The molecule has 0 unspecified atom stereocenters. The Kier molecular flexibility index (Phi) is 8.41. The van der Waals surface area contributed by atoms with E-state index < -0.39 is 11.8 Å². The van der Waals surface area contributed by atoms with E-state index in [1.807, 2.05) is 39.0 Å². The van der Waals surface area contributed by atoms with Crippen LogP contribution in [-0.2, 0) is 4.79 Å². The van der Waals surface area contributed by atoms with Crippen molar-refractivity contribution in [2.75, 3.05) is 6.61 Å². The molecule has 0 saturated heterocycles. The lowest BCUT2D eigenvalue weighted by Gasteiger charge is -2.15. The van der Waals surface area contributed by atoms with Gasteiger partial charge in [0.1, 0.15) is 11.5 Å². The molecule has 0 aromatic heterocycles. The van der Waals surface area contributed by atoms with Crippen molar-refractivity contribution >= 4 is 45.1 Å². The summed E-state index contributed by atoms with van der Waals surface area (Å²) in [7, 11) is 0. The van der Waals surface area contributed by atoms with Crippen LogP contribution in [0.4, 0.5) is 0 Å². The second-order valence-corrected chi connectivity index (χ2v) is 7.64. The fourth-order valence-electron chi connectivity index (χ4n) is 2.26. The van der Waals surface area contributed by atoms with Crippen LogP contribution in [0.5, 0.6) is 11.5 Å². The summed E-state index contributed by atoms with van der Waals surface area (Å²) >= 11 is 8.39. The van der Waals surface area contributed by atoms with Crippen molar-refractivity contribution in [3.05, 3.63) is 58.1 Å². The average Bonchev–Trinajstić information content (AvgIpc) is 2.66. The first-order chi connectivity index (χ1) is 13.8. The van der Waals surface area contributed by atoms with Crippen LogP contribution in [-0.4, -0.2) is 29.6 Å². The first-order valence-corrected chi connectivity index (χ1v) is 10.0. The minimum atomic E-state index is -0.468. The number of nitrogens with one attached hydrogen (secondary N) is 3. The summed E-state index contributed by atoms with van der Waals surface area (Å²) in [6, 6.07) is 12.5. The topological polar surface area (TPSA) is 88.7 Å². The number of carbonyl (C=O) groups is 2. The molecule has 29 heavy (non-hydrogen) atoms. The van der Waals surface area contributed by atoms with Crippen molar-refractivity contribution < 1.29 is 19.1 Å². The van der Waals surface area contributed by atoms with E-state index in [0.29, 0.717) is 17.1 Å². The molecule has 154 valence electrons. The Labute approximate surface area is 183 Å². The SMILES string of the molecule is Cc1ccccc1OCC(=O)NNC(=S)NC(=O)c1cc(Br)ccc1OC(C)C. The maximum atomic E-state index is 12.5. The summed E-state index contributed by atoms with van der Waals surface area (Å²) in [5, 5.41) is 2.44. The highest BCUT2D eigenvalue weighted by Crippen LogP contribution is 2.24. The van der Waals surface area contributed by atoms with Gasteiger partial charge in [-0.2, -0.15) is 0 Å². The van der Waals surface area contributed by atoms with Gasteiger partial charge in [0.15, 0.2) is 11.7 Å². The molecule has 7 nitrogen and oxygen atoms in total. The van der Waals surface area contributed by atoms with E-state index in [0.717, 1.165) is 10.0 Å². The van der Waals surface area contributed by atoms with E-state index in [2.05, 4.69) is 32.1 Å². The van der Waals surface area contributed by atoms with Crippen molar-refractivity contribution in [3.8, 4) is 11.5 Å². The monoisotopic (exact) mass is 479 g/mol. The smallest absolute Gasteiger partial charge is 0.276 e. The molecule has 0 saturated carbocycles. The van der Waals surface area contributed by atoms with Gasteiger partial charge in [0.2, 0.25) is 0 Å². The van der Waals surface area contributed by atoms with E-state index >= 15 is 0 Å².